The molecule has 0 atom stereocenters. The Labute approximate surface area is 145 Å². The second kappa shape index (κ2) is 7.21. The Morgan fingerprint density at radius 2 is 1.32 bits per heavy atom. The third-order valence-electron chi connectivity index (χ3n) is 4.99. The van der Waals surface area contributed by atoms with Gasteiger partial charge in [0.05, 0.1) is 0 Å². The Morgan fingerprint density at radius 3 is 1.72 bits per heavy atom. The number of hydrogen-bond acceptors (Lipinski definition) is 2. The standard InChI is InChI=1S/C20H21F2NO2/c21-17-10-6-15(7-11-17)20(25-19(23)24,14-4-2-1-3-5-14)16-8-12-18(22)13-9-16/h6-14H,1-5H2,(H2,23,24). The summed E-state index contributed by atoms with van der Waals surface area (Å²) < 4.78 is 32.6. The minimum Gasteiger partial charge on any atom is -0.433 e. The first-order valence-corrected chi connectivity index (χ1v) is 8.53. The summed E-state index contributed by atoms with van der Waals surface area (Å²) in [4.78, 5) is 11.8. The van der Waals surface area contributed by atoms with Gasteiger partial charge in [-0.1, -0.05) is 43.5 Å². The second-order valence-corrected chi connectivity index (χ2v) is 6.51. The lowest BCUT2D eigenvalue weighted by Crippen LogP contribution is -2.43. The summed E-state index contributed by atoms with van der Waals surface area (Å²) in [7, 11) is 0. The Balaban J connectivity index is 2.19. The molecule has 0 saturated heterocycles. The van der Waals surface area contributed by atoms with E-state index in [0.717, 1.165) is 32.1 Å². The summed E-state index contributed by atoms with van der Waals surface area (Å²) in [5.74, 6) is -0.761. The molecular formula is C20H21F2NO2. The van der Waals surface area contributed by atoms with Crippen molar-refractivity contribution in [2.24, 2.45) is 11.7 Å². The zero-order chi connectivity index (χ0) is 17.9. The fraction of sp³-hybridized carbons (Fsp3) is 0.350. The lowest BCUT2D eigenvalue weighted by molar-refractivity contribution is -0.0158. The van der Waals surface area contributed by atoms with E-state index in [-0.39, 0.29) is 17.6 Å². The molecule has 25 heavy (non-hydrogen) atoms. The van der Waals surface area contributed by atoms with E-state index >= 15 is 0 Å². The molecule has 1 aliphatic carbocycles. The molecule has 0 aliphatic heterocycles. The topological polar surface area (TPSA) is 52.3 Å². The van der Waals surface area contributed by atoms with Crippen molar-refractivity contribution in [2.45, 2.75) is 37.7 Å². The molecule has 0 heterocycles. The van der Waals surface area contributed by atoms with Crippen LogP contribution in [0.2, 0.25) is 0 Å². The minimum absolute atomic E-state index is 0.00956. The van der Waals surface area contributed by atoms with Gasteiger partial charge >= 0.3 is 6.09 Å². The molecule has 2 N–H and O–H groups in total. The van der Waals surface area contributed by atoms with Crippen LogP contribution in [0.15, 0.2) is 48.5 Å². The highest BCUT2D eigenvalue weighted by atomic mass is 19.1. The Morgan fingerprint density at radius 1 is 0.880 bits per heavy atom. The smallest absolute Gasteiger partial charge is 0.405 e. The molecule has 0 bridgehead atoms. The van der Waals surface area contributed by atoms with E-state index in [9.17, 15) is 13.6 Å². The second-order valence-electron chi connectivity index (χ2n) is 6.51. The number of benzene rings is 2. The first kappa shape index (κ1) is 17.4. The fourth-order valence-corrected chi connectivity index (χ4v) is 3.90. The van der Waals surface area contributed by atoms with Gasteiger partial charge in [0, 0.05) is 17.0 Å². The Kier molecular flexibility index (Phi) is 5.02. The normalized spacial score (nSPS) is 15.8. The molecular weight excluding hydrogens is 324 g/mol. The van der Waals surface area contributed by atoms with Gasteiger partial charge in [0.15, 0.2) is 5.60 Å². The van der Waals surface area contributed by atoms with Crippen molar-refractivity contribution >= 4 is 6.09 Å². The summed E-state index contributed by atoms with van der Waals surface area (Å²) in [5.41, 5.74) is 5.55. The van der Waals surface area contributed by atoms with Crippen LogP contribution in [0, 0.1) is 17.6 Å². The number of amides is 1. The summed E-state index contributed by atoms with van der Waals surface area (Å²) in [6.45, 7) is 0. The summed E-state index contributed by atoms with van der Waals surface area (Å²) in [6, 6.07) is 11.8. The highest BCUT2D eigenvalue weighted by Crippen LogP contribution is 2.47. The average Bonchev–Trinajstić information content (AvgIpc) is 2.62. The number of ether oxygens (including phenoxy) is 1. The van der Waals surface area contributed by atoms with Crippen LogP contribution in [-0.2, 0) is 10.3 Å². The van der Waals surface area contributed by atoms with Crippen molar-refractivity contribution in [3.05, 3.63) is 71.3 Å². The van der Waals surface area contributed by atoms with E-state index < -0.39 is 11.7 Å². The predicted molar refractivity (Wildman–Crippen MR) is 90.8 cm³/mol. The number of rotatable bonds is 4. The van der Waals surface area contributed by atoms with Gasteiger partial charge in [0.2, 0.25) is 0 Å². The zero-order valence-electron chi connectivity index (χ0n) is 13.9. The van der Waals surface area contributed by atoms with Gasteiger partial charge in [-0.25, -0.2) is 13.6 Å². The molecule has 2 aromatic rings. The van der Waals surface area contributed by atoms with Gasteiger partial charge in [-0.05, 0) is 37.1 Å². The first-order valence-electron chi connectivity index (χ1n) is 8.53. The van der Waals surface area contributed by atoms with Crippen molar-refractivity contribution in [1.82, 2.24) is 0 Å². The van der Waals surface area contributed by atoms with Crippen LogP contribution < -0.4 is 5.73 Å². The van der Waals surface area contributed by atoms with Gasteiger partial charge in [-0.15, -0.1) is 0 Å². The third kappa shape index (κ3) is 3.50. The highest BCUT2D eigenvalue weighted by Gasteiger charge is 2.45. The summed E-state index contributed by atoms with van der Waals surface area (Å²) in [5, 5.41) is 0. The lowest BCUT2D eigenvalue weighted by atomic mass is 9.69. The Bertz CT molecular complexity index is 677. The van der Waals surface area contributed by atoms with Crippen LogP contribution in [0.4, 0.5) is 13.6 Å². The van der Waals surface area contributed by atoms with Crippen LogP contribution in [0.1, 0.15) is 43.2 Å². The number of nitrogens with two attached hydrogens (primary N) is 1. The number of primary amides is 1. The average molecular weight is 345 g/mol. The molecule has 0 radical (unpaired) electrons. The van der Waals surface area contributed by atoms with E-state index in [1.807, 2.05) is 0 Å². The van der Waals surface area contributed by atoms with E-state index in [1.165, 1.54) is 24.3 Å². The molecule has 5 heteroatoms. The monoisotopic (exact) mass is 345 g/mol. The van der Waals surface area contributed by atoms with E-state index in [4.69, 9.17) is 10.5 Å². The maximum atomic E-state index is 13.5. The number of halogens is 2. The molecule has 1 amide bonds. The van der Waals surface area contributed by atoms with Crippen LogP contribution in [0.3, 0.4) is 0 Å². The van der Waals surface area contributed by atoms with Gasteiger partial charge in [0.25, 0.3) is 0 Å². The number of carbonyl (C=O) groups is 1. The van der Waals surface area contributed by atoms with Gasteiger partial charge < -0.3 is 10.5 Å². The van der Waals surface area contributed by atoms with Crippen molar-refractivity contribution in [3.8, 4) is 0 Å². The fourth-order valence-electron chi connectivity index (χ4n) is 3.90. The van der Waals surface area contributed by atoms with Gasteiger partial charge in [-0.3, -0.25) is 0 Å². The van der Waals surface area contributed by atoms with Crippen LogP contribution >= 0.6 is 0 Å². The predicted octanol–water partition coefficient (Wildman–Crippen LogP) is 4.88. The van der Waals surface area contributed by atoms with Gasteiger partial charge in [-0.2, -0.15) is 0 Å². The minimum atomic E-state index is -1.15. The molecule has 1 saturated carbocycles. The molecule has 0 unspecified atom stereocenters. The zero-order valence-corrected chi connectivity index (χ0v) is 13.9. The first-order chi connectivity index (χ1) is 12.0. The summed E-state index contributed by atoms with van der Waals surface area (Å²) in [6.07, 6.45) is 3.94. The molecule has 1 fully saturated rings. The molecule has 0 spiro atoms. The molecule has 2 aromatic carbocycles. The Hall–Kier alpha value is -2.43. The van der Waals surface area contributed by atoms with E-state index in [2.05, 4.69) is 0 Å². The van der Waals surface area contributed by atoms with E-state index in [0.29, 0.717) is 11.1 Å². The molecule has 1 aliphatic rings. The molecule has 0 aromatic heterocycles. The van der Waals surface area contributed by atoms with Crippen molar-refractivity contribution in [2.75, 3.05) is 0 Å². The van der Waals surface area contributed by atoms with Crippen molar-refractivity contribution < 1.29 is 18.3 Å². The van der Waals surface area contributed by atoms with Crippen LogP contribution in [0.25, 0.3) is 0 Å². The van der Waals surface area contributed by atoms with Crippen LogP contribution in [-0.4, -0.2) is 6.09 Å². The van der Waals surface area contributed by atoms with Crippen molar-refractivity contribution in [1.29, 1.82) is 0 Å². The molecule has 132 valence electrons. The van der Waals surface area contributed by atoms with Gasteiger partial charge in [0.1, 0.15) is 11.6 Å². The third-order valence-corrected chi connectivity index (χ3v) is 4.99. The highest BCUT2D eigenvalue weighted by molar-refractivity contribution is 5.66. The SMILES string of the molecule is NC(=O)OC(c1ccc(F)cc1)(c1ccc(F)cc1)C1CCCCC1. The van der Waals surface area contributed by atoms with Crippen LogP contribution in [0.5, 0.6) is 0 Å². The van der Waals surface area contributed by atoms with E-state index in [1.54, 1.807) is 24.3 Å². The maximum Gasteiger partial charge on any atom is 0.405 e. The number of hydrogen-bond donors (Lipinski definition) is 1. The lowest BCUT2D eigenvalue weighted by Gasteiger charge is -2.42. The quantitative estimate of drug-likeness (QED) is 0.858. The summed E-state index contributed by atoms with van der Waals surface area (Å²) >= 11 is 0. The largest absolute Gasteiger partial charge is 0.433 e. The maximum absolute atomic E-state index is 13.5. The molecule has 3 rings (SSSR count). The number of carbonyl (C=O) groups excluding carboxylic acids is 1. The molecule has 3 nitrogen and oxygen atoms in total. The van der Waals surface area contributed by atoms with Crippen molar-refractivity contribution in [3.63, 3.8) is 0 Å².